The van der Waals surface area contributed by atoms with Crippen molar-refractivity contribution in [2.24, 2.45) is 5.73 Å². The Morgan fingerprint density at radius 2 is 1.94 bits per heavy atom. The highest BCUT2D eigenvalue weighted by Gasteiger charge is 2.05. The Bertz CT molecular complexity index is 468. The van der Waals surface area contributed by atoms with Gasteiger partial charge in [0.2, 0.25) is 0 Å². The van der Waals surface area contributed by atoms with Crippen LogP contribution < -0.4 is 15.2 Å². The fraction of sp³-hybridized carbons (Fsp3) is 0.222. The SMILES string of the molecule is CNS(=O)(=O)NCc1ccc(C(N)=S)cc1. The maximum Gasteiger partial charge on any atom is 0.276 e. The van der Waals surface area contributed by atoms with Gasteiger partial charge in [-0.15, -0.1) is 0 Å². The lowest BCUT2D eigenvalue weighted by molar-refractivity contribution is 0.573. The monoisotopic (exact) mass is 259 g/mol. The van der Waals surface area contributed by atoms with Crippen molar-refractivity contribution >= 4 is 27.4 Å². The van der Waals surface area contributed by atoms with Gasteiger partial charge in [-0.05, 0) is 5.56 Å². The van der Waals surface area contributed by atoms with E-state index in [0.717, 1.165) is 11.1 Å². The summed E-state index contributed by atoms with van der Waals surface area (Å²) in [5, 5.41) is 0. The molecule has 0 saturated carbocycles. The first-order valence-electron chi connectivity index (χ1n) is 4.51. The molecule has 1 aromatic carbocycles. The minimum absolute atomic E-state index is 0.223. The lowest BCUT2D eigenvalue weighted by Crippen LogP contribution is -2.33. The third kappa shape index (κ3) is 3.86. The number of nitrogens with two attached hydrogens (primary N) is 1. The lowest BCUT2D eigenvalue weighted by Gasteiger charge is -2.05. The number of nitrogens with one attached hydrogen (secondary N) is 2. The first-order chi connectivity index (χ1) is 7.44. The molecule has 0 bridgehead atoms. The van der Waals surface area contributed by atoms with Crippen molar-refractivity contribution in [3.05, 3.63) is 35.4 Å². The largest absolute Gasteiger partial charge is 0.389 e. The van der Waals surface area contributed by atoms with Crippen LogP contribution in [0.5, 0.6) is 0 Å². The summed E-state index contributed by atoms with van der Waals surface area (Å²) in [6.07, 6.45) is 0. The smallest absolute Gasteiger partial charge is 0.276 e. The Morgan fingerprint density at radius 3 is 2.38 bits per heavy atom. The van der Waals surface area contributed by atoms with Gasteiger partial charge in [-0.1, -0.05) is 36.5 Å². The predicted molar refractivity (Wildman–Crippen MR) is 67.1 cm³/mol. The van der Waals surface area contributed by atoms with Crippen LogP contribution >= 0.6 is 12.2 Å². The number of hydrogen-bond acceptors (Lipinski definition) is 3. The van der Waals surface area contributed by atoms with E-state index in [1.54, 1.807) is 24.3 Å². The summed E-state index contributed by atoms with van der Waals surface area (Å²) in [6.45, 7) is 0.223. The molecule has 0 amide bonds. The second kappa shape index (κ2) is 5.35. The molecule has 5 nitrogen and oxygen atoms in total. The molecule has 0 spiro atoms. The molecule has 0 fully saturated rings. The predicted octanol–water partition coefficient (Wildman–Crippen LogP) is -0.125. The summed E-state index contributed by atoms with van der Waals surface area (Å²) in [6, 6.07) is 7.05. The minimum Gasteiger partial charge on any atom is -0.389 e. The van der Waals surface area contributed by atoms with Crippen LogP contribution in [0, 0.1) is 0 Å². The van der Waals surface area contributed by atoms with E-state index in [0.29, 0.717) is 4.99 Å². The lowest BCUT2D eigenvalue weighted by atomic mass is 10.1. The molecule has 0 aliphatic carbocycles. The zero-order valence-corrected chi connectivity index (χ0v) is 10.4. The van der Waals surface area contributed by atoms with Crippen LogP contribution in [0.15, 0.2) is 24.3 Å². The molecule has 16 heavy (non-hydrogen) atoms. The third-order valence-electron chi connectivity index (χ3n) is 1.97. The Kier molecular flexibility index (Phi) is 4.36. The van der Waals surface area contributed by atoms with Gasteiger partial charge in [-0.25, -0.2) is 4.72 Å². The Labute approximate surface area is 100 Å². The second-order valence-corrected chi connectivity index (χ2v) is 5.23. The maximum absolute atomic E-state index is 11.1. The summed E-state index contributed by atoms with van der Waals surface area (Å²) >= 11 is 4.80. The normalized spacial score (nSPS) is 11.3. The zero-order chi connectivity index (χ0) is 12.2. The van der Waals surface area contributed by atoms with Crippen molar-refractivity contribution in [2.45, 2.75) is 6.54 Å². The summed E-state index contributed by atoms with van der Waals surface area (Å²) < 4.78 is 26.7. The quantitative estimate of drug-likeness (QED) is 0.643. The van der Waals surface area contributed by atoms with Crippen LogP contribution in [0.2, 0.25) is 0 Å². The van der Waals surface area contributed by atoms with Crippen LogP contribution in [-0.4, -0.2) is 20.5 Å². The maximum atomic E-state index is 11.1. The van der Waals surface area contributed by atoms with Gasteiger partial charge in [0.05, 0.1) is 0 Å². The minimum atomic E-state index is -3.39. The van der Waals surface area contributed by atoms with E-state index in [1.807, 2.05) is 0 Å². The summed E-state index contributed by atoms with van der Waals surface area (Å²) in [5.41, 5.74) is 7.03. The molecular formula is C9H13N3O2S2. The molecule has 0 aliphatic heterocycles. The Balaban J connectivity index is 2.66. The molecule has 0 unspecified atom stereocenters. The summed E-state index contributed by atoms with van der Waals surface area (Å²) in [4.78, 5) is 0.322. The van der Waals surface area contributed by atoms with Crippen LogP contribution in [0.3, 0.4) is 0 Å². The number of thiocarbonyl (C=S) groups is 1. The molecule has 7 heteroatoms. The molecule has 0 aromatic heterocycles. The van der Waals surface area contributed by atoms with Crippen molar-refractivity contribution in [3.63, 3.8) is 0 Å². The van der Waals surface area contributed by atoms with Crippen molar-refractivity contribution in [1.29, 1.82) is 0 Å². The first kappa shape index (κ1) is 13.0. The van der Waals surface area contributed by atoms with Crippen LogP contribution in [0.1, 0.15) is 11.1 Å². The molecular weight excluding hydrogens is 246 g/mol. The van der Waals surface area contributed by atoms with Crippen LogP contribution in [0.25, 0.3) is 0 Å². The van der Waals surface area contributed by atoms with Gasteiger partial charge in [0, 0.05) is 19.2 Å². The fourth-order valence-electron chi connectivity index (χ4n) is 1.04. The van der Waals surface area contributed by atoms with Gasteiger partial charge in [-0.3, -0.25) is 0 Å². The highest BCUT2D eigenvalue weighted by molar-refractivity contribution is 7.87. The topological polar surface area (TPSA) is 84.2 Å². The molecule has 4 N–H and O–H groups in total. The first-order valence-corrected chi connectivity index (χ1v) is 6.40. The van der Waals surface area contributed by atoms with E-state index in [9.17, 15) is 8.42 Å². The average Bonchev–Trinajstić information content (AvgIpc) is 2.27. The van der Waals surface area contributed by atoms with E-state index >= 15 is 0 Å². The van der Waals surface area contributed by atoms with E-state index < -0.39 is 10.2 Å². The van der Waals surface area contributed by atoms with E-state index in [4.69, 9.17) is 18.0 Å². The van der Waals surface area contributed by atoms with E-state index in [2.05, 4.69) is 9.44 Å². The van der Waals surface area contributed by atoms with Crippen molar-refractivity contribution in [3.8, 4) is 0 Å². The molecule has 88 valence electrons. The summed E-state index contributed by atoms with van der Waals surface area (Å²) in [5.74, 6) is 0. The highest BCUT2D eigenvalue weighted by atomic mass is 32.2. The van der Waals surface area contributed by atoms with Crippen molar-refractivity contribution < 1.29 is 8.42 Å². The summed E-state index contributed by atoms with van der Waals surface area (Å²) in [7, 11) is -2.05. The number of benzene rings is 1. The standard InChI is InChI=1S/C9H13N3O2S2/c1-11-16(13,14)12-6-7-2-4-8(5-3-7)9(10)15/h2-5,11-12H,6H2,1H3,(H2,10,15). The van der Waals surface area contributed by atoms with Crippen molar-refractivity contribution in [2.75, 3.05) is 7.05 Å². The van der Waals surface area contributed by atoms with Crippen molar-refractivity contribution in [1.82, 2.24) is 9.44 Å². The van der Waals surface area contributed by atoms with Gasteiger partial charge in [0.25, 0.3) is 10.2 Å². The van der Waals surface area contributed by atoms with Gasteiger partial charge in [0.1, 0.15) is 4.99 Å². The molecule has 0 radical (unpaired) electrons. The second-order valence-electron chi connectivity index (χ2n) is 3.09. The van der Waals surface area contributed by atoms with Crippen LogP contribution in [-0.2, 0) is 16.8 Å². The molecule has 1 rings (SSSR count). The molecule has 0 saturated heterocycles. The molecule has 0 heterocycles. The van der Waals surface area contributed by atoms with Gasteiger partial charge in [-0.2, -0.15) is 13.1 Å². The average molecular weight is 259 g/mol. The Morgan fingerprint density at radius 1 is 1.38 bits per heavy atom. The fourth-order valence-corrected chi connectivity index (χ4v) is 1.67. The van der Waals surface area contributed by atoms with Crippen LogP contribution in [0.4, 0.5) is 0 Å². The van der Waals surface area contributed by atoms with Gasteiger partial charge in [0.15, 0.2) is 0 Å². The molecule has 0 aliphatic rings. The van der Waals surface area contributed by atoms with Gasteiger partial charge < -0.3 is 5.73 Å². The highest BCUT2D eigenvalue weighted by Crippen LogP contribution is 2.04. The third-order valence-corrected chi connectivity index (χ3v) is 3.27. The van der Waals surface area contributed by atoms with E-state index in [-0.39, 0.29) is 6.54 Å². The molecule has 1 aromatic rings. The molecule has 0 atom stereocenters. The van der Waals surface area contributed by atoms with Gasteiger partial charge >= 0.3 is 0 Å². The Hall–Kier alpha value is -1.02. The van der Waals surface area contributed by atoms with E-state index in [1.165, 1.54) is 7.05 Å². The number of rotatable bonds is 5. The number of hydrogen-bond donors (Lipinski definition) is 3. The zero-order valence-electron chi connectivity index (χ0n) is 8.73.